The number of aliphatic hydroxyl groups excluding tert-OH is 1. The van der Waals surface area contributed by atoms with Crippen molar-refractivity contribution >= 4 is 5.91 Å². The normalized spacial score (nSPS) is 24.8. The lowest BCUT2D eigenvalue weighted by Gasteiger charge is -2.28. The van der Waals surface area contributed by atoms with Gasteiger partial charge in [-0.2, -0.15) is 0 Å². The topological polar surface area (TPSA) is 49.3 Å². The fourth-order valence-electron chi connectivity index (χ4n) is 3.20. The van der Waals surface area contributed by atoms with E-state index in [9.17, 15) is 9.90 Å². The maximum atomic E-state index is 11.9. The monoisotopic (exact) mass is 225 g/mol. The van der Waals surface area contributed by atoms with Crippen LogP contribution < -0.4 is 5.32 Å². The summed E-state index contributed by atoms with van der Waals surface area (Å²) in [6.45, 7) is 0.101. The van der Waals surface area contributed by atoms with Crippen molar-refractivity contribution in [3.05, 3.63) is 0 Å². The van der Waals surface area contributed by atoms with E-state index in [4.69, 9.17) is 0 Å². The first-order valence-corrected chi connectivity index (χ1v) is 6.66. The van der Waals surface area contributed by atoms with Crippen LogP contribution >= 0.6 is 0 Å². The van der Waals surface area contributed by atoms with Gasteiger partial charge in [0.2, 0.25) is 5.91 Å². The van der Waals surface area contributed by atoms with E-state index in [1.54, 1.807) is 0 Å². The van der Waals surface area contributed by atoms with Crippen LogP contribution in [0.1, 0.15) is 57.8 Å². The molecule has 0 spiro atoms. The van der Waals surface area contributed by atoms with Crippen LogP contribution in [0.4, 0.5) is 0 Å². The summed E-state index contributed by atoms with van der Waals surface area (Å²) < 4.78 is 0. The standard InChI is InChI=1S/C13H23NO2/c15-10-13(7-3-4-8-13)14-12(16)9-11-5-1-2-6-11/h11,15H,1-10H2,(H,14,16). The van der Waals surface area contributed by atoms with E-state index in [1.807, 2.05) is 0 Å². The fraction of sp³-hybridized carbons (Fsp3) is 0.923. The Labute approximate surface area is 97.6 Å². The quantitative estimate of drug-likeness (QED) is 0.768. The van der Waals surface area contributed by atoms with Gasteiger partial charge in [0.15, 0.2) is 0 Å². The van der Waals surface area contributed by atoms with Gasteiger partial charge < -0.3 is 10.4 Å². The molecule has 0 aromatic carbocycles. The maximum Gasteiger partial charge on any atom is 0.220 e. The summed E-state index contributed by atoms with van der Waals surface area (Å²) in [6.07, 6.45) is 9.79. The Bertz CT molecular complexity index is 240. The van der Waals surface area contributed by atoms with Crippen LogP contribution in [0.5, 0.6) is 0 Å². The molecule has 0 aromatic rings. The largest absolute Gasteiger partial charge is 0.394 e. The third-order valence-corrected chi connectivity index (χ3v) is 4.22. The molecule has 1 amide bonds. The van der Waals surface area contributed by atoms with E-state index < -0.39 is 0 Å². The molecule has 0 heterocycles. The van der Waals surface area contributed by atoms with Gasteiger partial charge in [-0.3, -0.25) is 4.79 Å². The van der Waals surface area contributed by atoms with Gasteiger partial charge in [-0.05, 0) is 31.6 Å². The van der Waals surface area contributed by atoms with Gasteiger partial charge in [-0.25, -0.2) is 0 Å². The molecule has 0 saturated heterocycles. The smallest absolute Gasteiger partial charge is 0.220 e. The lowest BCUT2D eigenvalue weighted by atomic mass is 9.97. The van der Waals surface area contributed by atoms with Gasteiger partial charge >= 0.3 is 0 Å². The molecule has 2 N–H and O–H groups in total. The minimum Gasteiger partial charge on any atom is -0.394 e. The van der Waals surface area contributed by atoms with Crippen LogP contribution in [-0.2, 0) is 4.79 Å². The van der Waals surface area contributed by atoms with Crippen LogP contribution in [0, 0.1) is 5.92 Å². The molecule has 3 heteroatoms. The summed E-state index contributed by atoms with van der Waals surface area (Å²) in [5, 5.41) is 12.5. The Morgan fingerprint density at radius 2 is 1.81 bits per heavy atom. The molecular formula is C13H23NO2. The lowest BCUT2D eigenvalue weighted by molar-refractivity contribution is -0.124. The molecule has 3 nitrogen and oxygen atoms in total. The minimum atomic E-state index is -0.282. The first-order chi connectivity index (χ1) is 7.74. The van der Waals surface area contributed by atoms with Gasteiger partial charge in [-0.1, -0.05) is 25.7 Å². The zero-order valence-electron chi connectivity index (χ0n) is 10.0. The molecule has 16 heavy (non-hydrogen) atoms. The maximum absolute atomic E-state index is 11.9. The number of hydrogen-bond acceptors (Lipinski definition) is 2. The van der Waals surface area contributed by atoms with Crippen molar-refractivity contribution in [2.24, 2.45) is 5.92 Å². The molecule has 0 aliphatic heterocycles. The van der Waals surface area contributed by atoms with Gasteiger partial charge in [0.25, 0.3) is 0 Å². The number of hydrogen-bond donors (Lipinski definition) is 2. The first-order valence-electron chi connectivity index (χ1n) is 6.66. The number of carbonyl (C=O) groups excluding carboxylic acids is 1. The van der Waals surface area contributed by atoms with Crippen molar-refractivity contribution in [1.82, 2.24) is 5.32 Å². The SMILES string of the molecule is O=C(CC1CCCC1)NC1(CO)CCCC1. The number of carbonyl (C=O) groups is 1. The first kappa shape index (κ1) is 11.9. The van der Waals surface area contributed by atoms with E-state index >= 15 is 0 Å². The Kier molecular flexibility index (Phi) is 3.85. The molecule has 92 valence electrons. The summed E-state index contributed by atoms with van der Waals surface area (Å²) in [6, 6.07) is 0. The molecule has 2 aliphatic rings. The second kappa shape index (κ2) is 5.17. The van der Waals surface area contributed by atoms with Crippen molar-refractivity contribution in [3.8, 4) is 0 Å². The summed E-state index contributed by atoms with van der Waals surface area (Å²) >= 11 is 0. The molecule has 0 radical (unpaired) electrons. The highest BCUT2D eigenvalue weighted by Gasteiger charge is 2.35. The molecule has 2 saturated carbocycles. The summed E-state index contributed by atoms with van der Waals surface area (Å²) in [4.78, 5) is 11.9. The molecule has 0 unspecified atom stereocenters. The second-order valence-electron chi connectivity index (χ2n) is 5.55. The van der Waals surface area contributed by atoms with E-state index in [0.29, 0.717) is 12.3 Å². The van der Waals surface area contributed by atoms with Crippen LogP contribution in [-0.4, -0.2) is 23.2 Å². The van der Waals surface area contributed by atoms with Gasteiger partial charge in [0, 0.05) is 6.42 Å². The van der Waals surface area contributed by atoms with E-state index in [1.165, 1.54) is 25.7 Å². The summed E-state index contributed by atoms with van der Waals surface area (Å²) in [5.74, 6) is 0.750. The van der Waals surface area contributed by atoms with Gasteiger partial charge in [-0.15, -0.1) is 0 Å². The third-order valence-electron chi connectivity index (χ3n) is 4.22. The highest BCUT2D eigenvalue weighted by molar-refractivity contribution is 5.77. The lowest BCUT2D eigenvalue weighted by Crippen LogP contribution is -2.49. The molecule has 2 aliphatic carbocycles. The van der Waals surface area contributed by atoms with Crippen LogP contribution in [0.15, 0.2) is 0 Å². The van der Waals surface area contributed by atoms with Gasteiger partial charge in [0.05, 0.1) is 12.1 Å². The average Bonchev–Trinajstić information content (AvgIpc) is 2.90. The van der Waals surface area contributed by atoms with Crippen molar-refractivity contribution in [2.45, 2.75) is 63.3 Å². The number of rotatable bonds is 4. The molecule has 0 bridgehead atoms. The van der Waals surface area contributed by atoms with Crippen molar-refractivity contribution in [2.75, 3.05) is 6.61 Å². The highest BCUT2D eigenvalue weighted by atomic mass is 16.3. The predicted octanol–water partition coefficient (Wildman–Crippen LogP) is 1.99. The number of aliphatic hydroxyl groups is 1. The average molecular weight is 225 g/mol. The highest BCUT2D eigenvalue weighted by Crippen LogP contribution is 2.31. The van der Waals surface area contributed by atoms with Crippen molar-refractivity contribution < 1.29 is 9.90 Å². The van der Waals surface area contributed by atoms with E-state index in [-0.39, 0.29) is 18.1 Å². The molecule has 2 rings (SSSR count). The van der Waals surface area contributed by atoms with Crippen LogP contribution in [0.2, 0.25) is 0 Å². The molecule has 0 aromatic heterocycles. The molecule has 0 atom stereocenters. The van der Waals surface area contributed by atoms with Crippen molar-refractivity contribution in [3.63, 3.8) is 0 Å². The third kappa shape index (κ3) is 2.76. The zero-order valence-corrected chi connectivity index (χ0v) is 10.0. The second-order valence-corrected chi connectivity index (χ2v) is 5.55. The Hall–Kier alpha value is -0.570. The van der Waals surface area contributed by atoms with Crippen molar-refractivity contribution in [1.29, 1.82) is 0 Å². The Morgan fingerprint density at radius 1 is 1.19 bits per heavy atom. The zero-order chi connectivity index (χ0) is 11.4. The number of amides is 1. The molecular weight excluding hydrogens is 202 g/mol. The Balaban J connectivity index is 1.80. The Morgan fingerprint density at radius 3 is 2.38 bits per heavy atom. The van der Waals surface area contributed by atoms with Crippen LogP contribution in [0.3, 0.4) is 0 Å². The fourth-order valence-corrected chi connectivity index (χ4v) is 3.20. The molecule has 2 fully saturated rings. The van der Waals surface area contributed by atoms with E-state index in [2.05, 4.69) is 5.32 Å². The predicted molar refractivity (Wildman–Crippen MR) is 63.0 cm³/mol. The summed E-state index contributed by atoms with van der Waals surface area (Å²) in [5.41, 5.74) is -0.282. The number of nitrogens with one attached hydrogen (secondary N) is 1. The van der Waals surface area contributed by atoms with E-state index in [0.717, 1.165) is 25.7 Å². The van der Waals surface area contributed by atoms with Gasteiger partial charge in [0.1, 0.15) is 0 Å². The van der Waals surface area contributed by atoms with Crippen LogP contribution in [0.25, 0.3) is 0 Å². The summed E-state index contributed by atoms with van der Waals surface area (Å²) in [7, 11) is 0. The minimum absolute atomic E-state index is 0.101.